The van der Waals surface area contributed by atoms with Crippen LogP contribution < -0.4 is 10.7 Å². The second-order valence-electron chi connectivity index (χ2n) is 4.99. The van der Waals surface area contributed by atoms with Gasteiger partial charge in [0.15, 0.2) is 0 Å². The van der Waals surface area contributed by atoms with Crippen molar-refractivity contribution in [2.45, 2.75) is 24.9 Å². The van der Waals surface area contributed by atoms with Crippen LogP contribution in [0, 0.1) is 0 Å². The van der Waals surface area contributed by atoms with Crippen LogP contribution in [-0.2, 0) is 4.74 Å². The molecule has 0 unspecified atom stereocenters. The molecule has 1 amide bonds. The van der Waals surface area contributed by atoms with E-state index in [2.05, 4.69) is 4.74 Å². The van der Waals surface area contributed by atoms with Gasteiger partial charge in [-0.15, -0.1) is 0 Å². The summed E-state index contributed by atoms with van der Waals surface area (Å²) in [7, 11) is 1.69. The number of likely N-dealkylation sites (N-methyl/N-ethyl adjacent to an activating group) is 1. The van der Waals surface area contributed by atoms with Crippen LogP contribution in [0.25, 0.3) is 0 Å². The fraction of sp³-hybridized carbons (Fsp3) is 0.909. The molecule has 2 N–H and O–H groups in total. The SMILES string of the molecule is CCOC(=O)NC(NN1CCN(C)CC1)(C(F)(F)F)C(F)(F)F. The number of piperazine rings is 1. The molecule has 0 radical (unpaired) electrons. The maximum Gasteiger partial charge on any atom is 0.435 e. The largest absolute Gasteiger partial charge is 0.450 e. The second-order valence-corrected chi connectivity index (χ2v) is 4.99. The van der Waals surface area contributed by atoms with E-state index in [1.54, 1.807) is 11.9 Å². The molecular weight excluding hydrogens is 334 g/mol. The lowest BCUT2D eigenvalue weighted by Crippen LogP contribution is -2.78. The fourth-order valence-corrected chi connectivity index (χ4v) is 1.93. The normalized spacial score (nSPS) is 18.8. The topological polar surface area (TPSA) is 56.8 Å². The molecule has 0 aliphatic carbocycles. The maximum atomic E-state index is 13.2. The summed E-state index contributed by atoms with van der Waals surface area (Å²) in [6.07, 6.45) is -13.5. The van der Waals surface area contributed by atoms with Crippen LogP contribution in [0.1, 0.15) is 6.92 Å². The van der Waals surface area contributed by atoms with Crippen molar-refractivity contribution in [1.82, 2.24) is 20.7 Å². The predicted molar refractivity (Wildman–Crippen MR) is 67.2 cm³/mol. The highest BCUT2D eigenvalue weighted by atomic mass is 19.4. The van der Waals surface area contributed by atoms with Gasteiger partial charge in [0, 0.05) is 26.2 Å². The lowest BCUT2D eigenvalue weighted by Gasteiger charge is -2.43. The number of hydrogen-bond donors (Lipinski definition) is 2. The Labute approximate surface area is 128 Å². The van der Waals surface area contributed by atoms with Crippen LogP contribution >= 0.6 is 0 Å². The molecule has 1 aliphatic rings. The molecule has 12 heteroatoms. The molecule has 1 fully saturated rings. The van der Waals surface area contributed by atoms with Gasteiger partial charge < -0.3 is 9.64 Å². The first-order chi connectivity index (χ1) is 10.4. The first-order valence-corrected chi connectivity index (χ1v) is 6.72. The zero-order valence-corrected chi connectivity index (χ0v) is 12.5. The Bertz CT molecular complexity index is 392. The number of halogens is 6. The molecule has 1 saturated heterocycles. The number of nitrogens with zero attached hydrogens (tertiary/aromatic N) is 2. The summed E-state index contributed by atoms with van der Waals surface area (Å²) >= 11 is 0. The quantitative estimate of drug-likeness (QED) is 0.590. The van der Waals surface area contributed by atoms with E-state index in [4.69, 9.17) is 0 Å². The molecule has 0 saturated carbocycles. The van der Waals surface area contributed by atoms with Gasteiger partial charge in [-0.25, -0.2) is 15.2 Å². The van der Waals surface area contributed by atoms with Crippen molar-refractivity contribution in [2.24, 2.45) is 0 Å². The monoisotopic (exact) mass is 352 g/mol. The van der Waals surface area contributed by atoms with E-state index in [0.29, 0.717) is 0 Å². The molecule has 0 bridgehead atoms. The Kier molecular flexibility index (Phi) is 6.10. The fourth-order valence-electron chi connectivity index (χ4n) is 1.93. The number of alkyl halides is 6. The number of alkyl carbamates (subject to hydrolysis) is 1. The van der Waals surface area contributed by atoms with Crippen molar-refractivity contribution in [3.63, 3.8) is 0 Å². The van der Waals surface area contributed by atoms with Gasteiger partial charge in [0.1, 0.15) is 0 Å². The number of carbonyl (C=O) groups excluding carboxylic acids is 1. The number of ether oxygens (including phenoxy) is 1. The van der Waals surface area contributed by atoms with Crippen LogP contribution in [0.2, 0.25) is 0 Å². The number of hydrazine groups is 1. The van der Waals surface area contributed by atoms with Crippen LogP contribution in [0.4, 0.5) is 31.1 Å². The van der Waals surface area contributed by atoms with E-state index in [1.807, 2.05) is 0 Å². The number of nitrogens with one attached hydrogen (secondary N) is 2. The number of rotatable bonds is 4. The minimum Gasteiger partial charge on any atom is -0.450 e. The molecule has 6 nitrogen and oxygen atoms in total. The third kappa shape index (κ3) is 4.61. The highest BCUT2D eigenvalue weighted by Gasteiger charge is 2.73. The average molecular weight is 352 g/mol. The Morgan fingerprint density at radius 1 is 1.04 bits per heavy atom. The van der Waals surface area contributed by atoms with E-state index in [9.17, 15) is 31.1 Å². The lowest BCUT2D eigenvalue weighted by atomic mass is 10.1. The molecule has 136 valence electrons. The Morgan fingerprint density at radius 2 is 1.52 bits per heavy atom. The molecular formula is C11H18F6N4O2. The summed E-state index contributed by atoms with van der Waals surface area (Å²) < 4.78 is 83.5. The van der Waals surface area contributed by atoms with E-state index < -0.39 is 24.1 Å². The average Bonchev–Trinajstić information content (AvgIpc) is 2.38. The first-order valence-electron chi connectivity index (χ1n) is 6.72. The van der Waals surface area contributed by atoms with Crippen LogP contribution in [0.15, 0.2) is 0 Å². The van der Waals surface area contributed by atoms with Crippen molar-refractivity contribution in [1.29, 1.82) is 0 Å². The Balaban J connectivity index is 3.09. The highest BCUT2D eigenvalue weighted by molar-refractivity contribution is 5.68. The molecule has 0 aromatic rings. The minimum absolute atomic E-state index is 0.0745. The third-order valence-electron chi connectivity index (χ3n) is 3.24. The summed E-state index contributed by atoms with van der Waals surface area (Å²) in [4.78, 5) is 13.0. The van der Waals surface area contributed by atoms with Crippen molar-refractivity contribution in [3.8, 4) is 0 Å². The predicted octanol–water partition coefficient (Wildman–Crippen LogP) is 1.31. The Morgan fingerprint density at radius 3 is 1.91 bits per heavy atom. The van der Waals surface area contributed by atoms with Gasteiger partial charge in [-0.2, -0.15) is 26.3 Å². The van der Waals surface area contributed by atoms with E-state index in [1.165, 1.54) is 12.3 Å². The molecule has 1 aliphatic heterocycles. The molecule has 1 heterocycles. The highest BCUT2D eigenvalue weighted by Crippen LogP contribution is 2.41. The van der Waals surface area contributed by atoms with Gasteiger partial charge >= 0.3 is 24.1 Å². The van der Waals surface area contributed by atoms with Crippen molar-refractivity contribution < 1.29 is 35.9 Å². The molecule has 0 atom stereocenters. The Hall–Kier alpha value is -1.27. The summed E-state index contributed by atoms with van der Waals surface area (Å²) in [6, 6.07) is 0. The molecule has 23 heavy (non-hydrogen) atoms. The zero-order valence-electron chi connectivity index (χ0n) is 12.5. The van der Waals surface area contributed by atoms with E-state index in [-0.39, 0.29) is 32.8 Å². The number of amides is 1. The van der Waals surface area contributed by atoms with Gasteiger partial charge in [-0.1, -0.05) is 0 Å². The smallest absolute Gasteiger partial charge is 0.435 e. The van der Waals surface area contributed by atoms with Gasteiger partial charge in [0.25, 0.3) is 0 Å². The first kappa shape index (κ1) is 19.8. The van der Waals surface area contributed by atoms with Gasteiger partial charge in [0.2, 0.25) is 0 Å². The van der Waals surface area contributed by atoms with Crippen LogP contribution in [-0.4, -0.2) is 73.9 Å². The summed E-state index contributed by atoms with van der Waals surface area (Å²) in [5.41, 5.74) is -3.22. The van der Waals surface area contributed by atoms with Crippen molar-refractivity contribution >= 4 is 6.09 Å². The maximum absolute atomic E-state index is 13.2. The molecule has 0 aromatic heterocycles. The molecule has 0 spiro atoms. The van der Waals surface area contributed by atoms with Gasteiger partial charge in [0.05, 0.1) is 6.61 Å². The van der Waals surface area contributed by atoms with Crippen molar-refractivity contribution in [3.05, 3.63) is 0 Å². The van der Waals surface area contributed by atoms with Crippen molar-refractivity contribution in [2.75, 3.05) is 39.8 Å². The lowest BCUT2D eigenvalue weighted by molar-refractivity contribution is -0.328. The molecule has 1 rings (SSSR count). The number of hydrogen-bond acceptors (Lipinski definition) is 5. The van der Waals surface area contributed by atoms with Crippen LogP contribution in [0.5, 0.6) is 0 Å². The summed E-state index contributed by atoms with van der Waals surface area (Å²) in [5.74, 6) is 0. The van der Waals surface area contributed by atoms with Gasteiger partial charge in [-0.05, 0) is 14.0 Å². The van der Waals surface area contributed by atoms with E-state index in [0.717, 1.165) is 10.3 Å². The third-order valence-corrected chi connectivity index (χ3v) is 3.24. The molecule has 0 aromatic carbocycles. The van der Waals surface area contributed by atoms with E-state index >= 15 is 0 Å². The minimum atomic E-state index is -5.83. The number of carbonyl (C=O) groups is 1. The standard InChI is InChI=1S/C11H18F6N4O2/c1-3-23-8(22)18-9(10(12,13)14,11(15,16)17)19-21-6-4-20(2)5-7-21/h19H,3-7H2,1-2H3,(H,18,22). The summed E-state index contributed by atoms with van der Waals surface area (Å²) in [5, 5.41) is 1.68. The van der Waals surface area contributed by atoms with Crippen LogP contribution in [0.3, 0.4) is 0 Å². The second kappa shape index (κ2) is 7.09. The zero-order chi connectivity index (χ0) is 17.9. The van der Waals surface area contributed by atoms with Gasteiger partial charge in [-0.3, -0.25) is 5.32 Å². The summed E-state index contributed by atoms with van der Waals surface area (Å²) in [6.45, 7) is 1.29.